The van der Waals surface area contributed by atoms with Gasteiger partial charge in [-0.2, -0.15) is 5.10 Å². The topological polar surface area (TPSA) is 63.1 Å². The number of amides is 1. The molecule has 1 aromatic heterocycles. The van der Waals surface area contributed by atoms with Crippen molar-refractivity contribution in [2.24, 2.45) is 0 Å². The zero-order chi connectivity index (χ0) is 13.7. The Kier molecular flexibility index (Phi) is 4.90. The number of carbonyl (C=O) groups excluding carboxylic acids is 1. The molecule has 106 valence electrons. The summed E-state index contributed by atoms with van der Waals surface area (Å²) in [5.74, 6) is 0.152. The van der Waals surface area contributed by atoms with Gasteiger partial charge in [0.1, 0.15) is 18.7 Å². The van der Waals surface area contributed by atoms with Crippen LogP contribution in [0.1, 0.15) is 39.2 Å². The van der Waals surface area contributed by atoms with E-state index in [0.717, 1.165) is 38.9 Å². The highest BCUT2D eigenvalue weighted by atomic mass is 16.2. The molecule has 0 aromatic carbocycles. The monoisotopic (exact) mass is 265 g/mol. The number of piperidine rings is 1. The third kappa shape index (κ3) is 3.32. The number of nitrogens with zero attached hydrogens (tertiary/aromatic N) is 4. The van der Waals surface area contributed by atoms with Crippen molar-refractivity contribution in [2.75, 3.05) is 19.6 Å². The number of hydrogen-bond acceptors (Lipinski definition) is 4. The highest BCUT2D eigenvalue weighted by Gasteiger charge is 2.28. The van der Waals surface area contributed by atoms with Gasteiger partial charge in [-0.25, -0.2) is 9.67 Å². The summed E-state index contributed by atoms with van der Waals surface area (Å²) in [4.78, 5) is 18.6. The molecule has 19 heavy (non-hydrogen) atoms. The van der Waals surface area contributed by atoms with Crippen molar-refractivity contribution in [3.8, 4) is 0 Å². The van der Waals surface area contributed by atoms with Crippen molar-refractivity contribution in [1.82, 2.24) is 25.0 Å². The number of carbonyl (C=O) groups is 1. The van der Waals surface area contributed by atoms with Gasteiger partial charge in [0.05, 0.1) is 0 Å². The molecule has 1 amide bonds. The Morgan fingerprint density at radius 1 is 1.53 bits per heavy atom. The Labute approximate surface area is 114 Å². The number of nitrogens with one attached hydrogen (secondary N) is 1. The molecular weight excluding hydrogens is 242 g/mol. The fourth-order valence-electron chi connectivity index (χ4n) is 2.60. The molecule has 1 saturated heterocycles. The average Bonchev–Trinajstić information content (AvgIpc) is 2.98. The lowest BCUT2D eigenvalue weighted by Gasteiger charge is -2.36. The maximum Gasteiger partial charge on any atom is 0.247 e. The van der Waals surface area contributed by atoms with Crippen LogP contribution < -0.4 is 5.32 Å². The van der Waals surface area contributed by atoms with Crippen molar-refractivity contribution in [2.45, 2.75) is 45.2 Å². The van der Waals surface area contributed by atoms with Gasteiger partial charge in [-0.1, -0.05) is 6.92 Å². The van der Waals surface area contributed by atoms with E-state index in [1.165, 1.54) is 6.33 Å². The van der Waals surface area contributed by atoms with Gasteiger partial charge in [0.15, 0.2) is 0 Å². The number of aromatic nitrogens is 3. The second-order valence-corrected chi connectivity index (χ2v) is 5.06. The molecule has 0 spiro atoms. The second-order valence-electron chi connectivity index (χ2n) is 5.06. The zero-order valence-corrected chi connectivity index (χ0v) is 11.7. The van der Waals surface area contributed by atoms with Gasteiger partial charge in [-0.3, -0.25) is 4.79 Å². The third-order valence-electron chi connectivity index (χ3n) is 3.69. The lowest BCUT2D eigenvalue weighted by Crippen LogP contribution is -2.48. The Hall–Kier alpha value is -1.43. The molecule has 0 bridgehead atoms. The van der Waals surface area contributed by atoms with Crippen LogP contribution in [0, 0.1) is 0 Å². The van der Waals surface area contributed by atoms with Crippen LogP contribution in [0.4, 0.5) is 0 Å². The average molecular weight is 265 g/mol. The van der Waals surface area contributed by atoms with Crippen LogP contribution in [0.25, 0.3) is 0 Å². The largest absolute Gasteiger partial charge is 0.338 e. The minimum atomic E-state index is -0.274. The van der Waals surface area contributed by atoms with Crippen molar-refractivity contribution in [3.63, 3.8) is 0 Å². The number of hydrogen-bond donors (Lipinski definition) is 1. The van der Waals surface area contributed by atoms with Gasteiger partial charge in [-0.05, 0) is 39.3 Å². The molecule has 2 heterocycles. The Balaban J connectivity index is 2.06. The van der Waals surface area contributed by atoms with E-state index in [4.69, 9.17) is 0 Å². The van der Waals surface area contributed by atoms with Crippen molar-refractivity contribution in [3.05, 3.63) is 12.7 Å². The van der Waals surface area contributed by atoms with Crippen LogP contribution in [-0.4, -0.2) is 51.2 Å². The summed E-state index contributed by atoms with van der Waals surface area (Å²) in [6.07, 6.45) is 6.14. The van der Waals surface area contributed by atoms with Crippen LogP contribution >= 0.6 is 0 Å². The SMILES string of the molecule is CCCN(C(=O)C(C)n1cncn1)C1CCNCC1. The highest BCUT2D eigenvalue weighted by molar-refractivity contribution is 5.80. The summed E-state index contributed by atoms with van der Waals surface area (Å²) in [6, 6.07) is 0.0867. The second kappa shape index (κ2) is 6.65. The lowest BCUT2D eigenvalue weighted by molar-refractivity contribution is -0.137. The van der Waals surface area contributed by atoms with Gasteiger partial charge < -0.3 is 10.2 Å². The molecule has 6 nitrogen and oxygen atoms in total. The summed E-state index contributed by atoms with van der Waals surface area (Å²) >= 11 is 0. The Morgan fingerprint density at radius 3 is 2.84 bits per heavy atom. The van der Waals surface area contributed by atoms with E-state index in [9.17, 15) is 4.79 Å². The van der Waals surface area contributed by atoms with Gasteiger partial charge >= 0.3 is 0 Å². The van der Waals surface area contributed by atoms with E-state index in [2.05, 4.69) is 22.3 Å². The molecule has 1 fully saturated rings. The predicted octanol–water partition coefficient (Wildman–Crippen LogP) is 0.830. The maximum atomic E-state index is 12.6. The minimum absolute atomic E-state index is 0.152. The summed E-state index contributed by atoms with van der Waals surface area (Å²) in [7, 11) is 0. The van der Waals surface area contributed by atoms with Crippen LogP contribution in [-0.2, 0) is 4.79 Å². The maximum absolute atomic E-state index is 12.6. The van der Waals surface area contributed by atoms with E-state index in [1.54, 1.807) is 11.0 Å². The van der Waals surface area contributed by atoms with E-state index < -0.39 is 0 Å². The molecule has 1 aliphatic rings. The first-order chi connectivity index (χ1) is 9.24. The van der Waals surface area contributed by atoms with Gasteiger partial charge in [0.2, 0.25) is 5.91 Å². The standard InChI is InChI=1S/C13H23N5O/c1-3-8-17(12-4-6-14-7-5-12)13(19)11(2)18-10-15-9-16-18/h9-12,14H,3-8H2,1-2H3. The number of rotatable bonds is 5. The smallest absolute Gasteiger partial charge is 0.247 e. The highest BCUT2D eigenvalue weighted by Crippen LogP contribution is 2.17. The van der Waals surface area contributed by atoms with Gasteiger partial charge in [-0.15, -0.1) is 0 Å². The molecular formula is C13H23N5O. The summed E-state index contributed by atoms with van der Waals surface area (Å²) in [6.45, 7) is 6.82. The molecule has 0 saturated carbocycles. The predicted molar refractivity (Wildman–Crippen MR) is 72.6 cm³/mol. The zero-order valence-electron chi connectivity index (χ0n) is 11.7. The summed E-state index contributed by atoms with van der Waals surface area (Å²) in [5, 5.41) is 7.41. The van der Waals surface area contributed by atoms with E-state index >= 15 is 0 Å². The summed E-state index contributed by atoms with van der Waals surface area (Å²) < 4.78 is 1.63. The lowest BCUT2D eigenvalue weighted by atomic mass is 10.0. The van der Waals surface area contributed by atoms with Gasteiger partial charge in [0, 0.05) is 12.6 Å². The third-order valence-corrected chi connectivity index (χ3v) is 3.69. The molecule has 1 atom stereocenters. The first kappa shape index (κ1) is 14.0. The van der Waals surface area contributed by atoms with Crippen LogP contribution in [0.2, 0.25) is 0 Å². The van der Waals surface area contributed by atoms with Crippen molar-refractivity contribution < 1.29 is 4.79 Å². The first-order valence-electron chi connectivity index (χ1n) is 7.09. The molecule has 1 aromatic rings. The fraction of sp³-hybridized carbons (Fsp3) is 0.769. The normalized spacial score (nSPS) is 18.2. The summed E-state index contributed by atoms with van der Waals surface area (Å²) in [5.41, 5.74) is 0. The molecule has 0 radical (unpaired) electrons. The molecule has 1 aliphatic heterocycles. The van der Waals surface area contributed by atoms with Crippen molar-refractivity contribution >= 4 is 5.91 Å². The molecule has 0 aliphatic carbocycles. The van der Waals surface area contributed by atoms with E-state index in [1.807, 2.05) is 11.8 Å². The van der Waals surface area contributed by atoms with Crippen LogP contribution in [0.3, 0.4) is 0 Å². The fourth-order valence-corrected chi connectivity index (χ4v) is 2.60. The van der Waals surface area contributed by atoms with Crippen molar-refractivity contribution in [1.29, 1.82) is 0 Å². The van der Waals surface area contributed by atoms with Crippen LogP contribution in [0.5, 0.6) is 0 Å². The molecule has 1 N–H and O–H groups in total. The molecule has 6 heteroatoms. The molecule has 1 unspecified atom stereocenters. The quantitative estimate of drug-likeness (QED) is 0.856. The first-order valence-corrected chi connectivity index (χ1v) is 7.09. The van der Waals surface area contributed by atoms with Crippen LogP contribution in [0.15, 0.2) is 12.7 Å². The minimum Gasteiger partial charge on any atom is -0.338 e. The van der Waals surface area contributed by atoms with Gasteiger partial charge in [0.25, 0.3) is 0 Å². The van der Waals surface area contributed by atoms with E-state index in [-0.39, 0.29) is 11.9 Å². The molecule has 2 rings (SSSR count). The Morgan fingerprint density at radius 2 is 2.26 bits per heavy atom. The van der Waals surface area contributed by atoms with E-state index in [0.29, 0.717) is 6.04 Å². The Bertz CT molecular complexity index is 386.